The third-order valence-corrected chi connectivity index (χ3v) is 6.85. The molecule has 4 rings (SSSR count). The van der Waals surface area contributed by atoms with Crippen molar-refractivity contribution < 1.29 is 38.3 Å². The smallest absolute Gasteiger partial charge is 0.185 e. The Labute approximate surface area is 237 Å². The molecule has 40 heavy (non-hydrogen) atoms. The van der Waals surface area contributed by atoms with Gasteiger partial charge in [0.1, 0.15) is 0 Å². The fourth-order valence-corrected chi connectivity index (χ4v) is 4.69. The summed E-state index contributed by atoms with van der Waals surface area (Å²) in [5.74, 6) is 0. The summed E-state index contributed by atoms with van der Waals surface area (Å²) in [6.07, 6.45) is -0.105. The van der Waals surface area contributed by atoms with E-state index in [-0.39, 0.29) is 18.8 Å². The Bertz CT molecular complexity index is 945. The lowest BCUT2D eigenvalue weighted by atomic mass is 9.99. The highest BCUT2D eigenvalue weighted by Crippen LogP contribution is 2.38. The zero-order valence-corrected chi connectivity index (χ0v) is 23.3. The molecule has 0 aliphatic carbocycles. The van der Waals surface area contributed by atoms with E-state index in [1.54, 1.807) is 0 Å². The van der Waals surface area contributed by atoms with Gasteiger partial charge in [0, 0.05) is 37.3 Å². The Kier molecular flexibility index (Phi) is 13.6. The molecule has 0 spiro atoms. The van der Waals surface area contributed by atoms with Crippen LogP contribution in [0.2, 0.25) is 0 Å². The molecule has 0 amide bonds. The molecule has 222 valence electrons. The number of rotatable bonds is 5. The molecule has 2 aromatic carbocycles. The second-order valence-corrected chi connectivity index (χ2v) is 9.88. The number of nitrogen functional groups attached to an aromatic ring is 1. The highest BCUT2D eigenvalue weighted by atomic mass is 16.7. The minimum absolute atomic E-state index is 0.00915. The van der Waals surface area contributed by atoms with Crippen LogP contribution in [0.3, 0.4) is 0 Å². The van der Waals surface area contributed by atoms with Crippen LogP contribution in [0, 0.1) is 0 Å². The fraction of sp³-hybridized carbons (Fsp3) is 0.600. The molecule has 2 heterocycles. The number of nitrogens with two attached hydrogens (primary N) is 1. The van der Waals surface area contributed by atoms with Crippen LogP contribution < -0.4 is 5.73 Å². The van der Waals surface area contributed by atoms with Crippen molar-refractivity contribution >= 4 is 5.69 Å². The van der Waals surface area contributed by atoms with Crippen LogP contribution in [0.15, 0.2) is 48.5 Å². The van der Waals surface area contributed by atoms with Gasteiger partial charge in [-0.25, -0.2) is 0 Å². The van der Waals surface area contributed by atoms with Gasteiger partial charge < -0.3 is 44.0 Å². The summed E-state index contributed by atoms with van der Waals surface area (Å²) in [5, 5.41) is 9.47. The maximum absolute atomic E-state index is 9.47. The lowest BCUT2D eigenvalue weighted by molar-refractivity contribution is -0.253. The molecular weight excluding hydrogens is 516 g/mol. The van der Waals surface area contributed by atoms with Gasteiger partial charge in [0.15, 0.2) is 6.29 Å². The minimum atomic E-state index is -0.545. The molecule has 2 aliphatic rings. The molecule has 10 heteroatoms. The monoisotopic (exact) mass is 560 g/mol. The molecule has 1 unspecified atom stereocenters. The molecule has 3 atom stereocenters. The van der Waals surface area contributed by atoms with Crippen LogP contribution in [0.5, 0.6) is 0 Å². The largest absolute Gasteiger partial charge is 0.399 e. The van der Waals surface area contributed by atoms with Gasteiger partial charge in [0.05, 0.1) is 84.9 Å². The Morgan fingerprint density at radius 3 is 1.82 bits per heavy atom. The predicted molar refractivity (Wildman–Crippen MR) is 150 cm³/mol. The molecule has 0 aromatic heterocycles. The maximum Gasteiger partial charge on any atom is 0.185 e. The average Bonchev–Trinajstić information content (AvgIpc) is 2.98. The normalized spacial score (nSPS) is 25.6. The van der Waals surface area contributed by atoms with Crippen molar-refractivity contribution in [1.82, 2.24) is 4.90 Å². The second kappa shape index (κ2) is 17.6. The topological polar surface area (TPSA) is 114 Å². The number of aliphatic hydroxyl groups excluding tert-OH is 1. The van der Waals surface area contributed by atoms with E-state index in [4.69, 9.17) is 38.9 Å². The van der Waals surface area contributed by atoms with Gasteiger partial charge in [0.2, 0.25) is 0 Å². The highest BCUT2D eigenvalue weighted by molar-refractivity contribution is 5.41. The molecule has 0 saturated carbocycles. The molecule has 2 saturated heterocycles. The lowest BCUT2D eigenvalue weighted by Crippen LogP contribution is -2.42. The number of anilines is 1. The van der Waals surface area contributed by atoms with Crippen molar-refractivity contribution in [2.24, 2.45) is 0 Å². The Hall–Kier alpha value is -2.12. The number of hydrogen-bond donors (Lipinski definition) is 2. The molecule has 0 bridgehead atoms. The lowest BCUT2D eigenvalue weighted by Gasteiger charge is -2.38. The van der Waals surface area contributed by atoms with Gasteiger partial charge in [-0.1, -0.05) is 36.4 Å². The van der Waals surface area contributed by atoms with Crippen molar-refractivity contribution in [3.8, 4) is 0 Å². The van der Waals surface area contributed by atoms with Gasteiger partial charge in [0.25, 0.3) is 0 Å². The van der Waals surface area contributed by atoms with Gasteiger partial charge in [-0.15, -0.1) is 0 Å². The predicted octanol–water partition coefficient (Wildman–Crippen LogP) is 2.71. The molecule has 2 aromatic rings. The van der Waals surface area contributed by atoms with Gasteiger partial charge in [-0.2, -0.15) is 0 Å². The fourth-order valence-electron chi connectivity index (χ4n) is 4.69. The van der Waals surface area contributed by atoms with E-state index in [2.05, 4.69) is 4.90 Å². The average molecular weight is 561 g/mol. The molecule has 2 aliphatic heterocycles. The van der Waals surface area contributed by atoms with Crippen molar-refractivity contribution in [3.63, 3.8) is 0 Å². The Balaban J connectivity index is 1.40. The maximum atomic E-state index is 9.47. The van der Waals surface area contributed by atoms with Crippen molar-refractivity contribution in [2.45, 2.75) is 31.5 Å². The molecule has 3 N–H and O–H groups in total. The van der Waals surface area contributed by atoms with E-state index in [1.165, 1.54) is 0 Å². The minimum Gasteiger partial charge on any atom is -0.399 e. The molecule has 0 radical (unpaired) electrons. The third kappa shape index (κ3) is 10.7. The molecule has 2 fully saturated rings. The van der Waals surface area contributed by atoms with Crippen molar-refractivity contribution in [3.05, 3.63) is 65.2 Å². The zero-order valence-electron chi connectivity index (χ0n) is 23.3. The number of nitrogens with zero attached hydrogens (tertiary/aromatic N) is 1. The summed E-state index contributed by atoms with van der Waals surface area (Å²) in [4.78, 5) is 2.32. The summed E-state index contributed by atoms with van der Waals surface area (Å²) in [6.45, 7) is 7.64. The quantitative estimate of drug-likeness (QED) is 0.529. The van der Waals surface area contributed by atoms with E-state index < -0.39 is 6.29 Å². The summed E-state index contributed by atoms with van der Waals surface area (Å²) in [6, 6.07) is 15.5. The van der Waals surface area contributed by atoms with Crippen LogP contribution in [0.1, 0.15) is 35.5 Å². The van der Waals surface area contributed by atoms with Crippen LogP contribution in [0.25, 0.3) is 0 Å². The van der Waals surface area contributed by atoms with Crippen molar-refractivity contribution in [2.75, 3.05) is 91.4 Å². The number of benzene rings is 2. The van der Waals surface area contributed by atoms with Gasteiger partial charge in [-0.05, 0) is 23.3 Å². The number of aliphatic hydroxyl groups is 1. The Morgan fingerprint density at radius 2 is 1.27 bits per heavy atom. The summed E-state index contributed by atoms with van der Waals surface area (Å²) in [5.41, 5.74) is 9.54. The first-order chi connectivity index (χ1) is 19.7. The standard InChI is InChI=1S/C30H44N2O8/c31-27-3-1-2-26(20-27)30-39-28(21-29(40-30)25-6-4-24(23-33)5-7-25)22-32-8-10-34-12-14-36-16-18-38-19-17-37-15-13-35-11-9-32/h1-7,20,28-30,33H,8-19,21-23,31H2/t28-,29+,30?/m0/s1. The van der Waals surface area contributed by atoms with Crippen LogP contribution in [0.4, 0.5) is 5.69 Å². The Morgan fingerprint density at radius 1 is 0.700 bits per heavy atom. The zero-order chi connectivity index (χ0) is 27.8. The molecular formula is C30H44N2O8. The van der Waals surface area contributed by atoms with E-state index in [0.29, 0.717) is 84.7 Å². The first-order valence-corrected chi connectivity index (χ1v) is 14.2. The van der Waals surface area contributed by atoms with E-state index in [0.717, 1.165) is 29.8 Å². The first kappa shape index (κ1) is 30.8. The SMILES string of the molecule is Nc1cccc(C2O[C@H](CN3CCOCCOCCOCCOCCOCC3)C[C@H](c3ccc(CO)cc3)O2)c1. The van der Waals surface area contributed by atoms with Crippen molar-refractivity contribution in [1.29, 1.82) is 0 Å². The molecule has 10 nitrogen and oxygen atoms in total. The van der Waals surface area contributed by atoms with Gasteiger partial charge in [-0.3, -0.25) is 4.90 Å². The van der Waals surface area contributed by atoms with E-state index in [1.807, 2.05) is 48.5 Å². The highest BCUT2D eigenvalue weighted by Gasteiger charge is 2.33. The van der Waals surface area contributed by atoms with Crippen LogP contribution in [-0.2, 0) is 39.8 Å². The summed E-state index contributed by atoms with van der Waals surface area (Å²) in [7, 11) is 0. The van der Waals surface area contributed by atoms with E-state index >= 15 is 0 Å². The first-order valence-electron chi connectivity index (χ1n) is 14.2. The summed E-state index contributed by atoms with van der Waals surface area (Å²) >= 11 is 0. The van der Waals surface area contributed by atoms with E-state index in [9.17, 15) is 5.11 Å². The second-order valence-electron chi connectivity index (χ2n) is 9.88. The van der Waals surface area contributed by atoms with Crippen LogP contribution in [-0.4, -0.2) is 102 Å². The number of hydrogen-bond acceptors (Lipinski definition) is 10. The number of ether oxygens (including phenoxy) is 7. The summed E-state index contributed by atoms with van der Waals surface area (Å²) < 4.78 is 41.3. The van der Waals surface area contributed by atoms with Crippen LogP contribution >= 0.6 is 0 Å². The third-order valence-electron chi connectivity index (χ3n) is 6.85. The van der Waals surface area contributed by atoms with Gasteiger partial charge >= 0.3 is 0 Å².